The third kappa shape index (κ3) is 4.52. The molecule has 1 atom stereocenters. The van der Waals surface area contributed by atoms with Crippen molar-refractivity contribution in [2.75, 3.05) is 31.2 Å². The van der Waals surface area contributed by atoms with E-state index in [1.165, 1.54) is 6.07 Å². The molecule has 0 aliphatic carbocycles. The van der Waals surface area contributed by atoms with Crippen LogP contribution in [0.5, 0.6) is 5.75 Å². The van der Waals surface area contributed by atoms with Crippen LogP contribution in [0.3, 0.4) is 0 Å². The van der Waals surface area contributed by atoms with Gasteiger partial charge in [0.25, 0.3) is 0 Å². The first-order chi connectivity index (χ1) is 12.5. The molecule has 138 valence electrons. The minimum absolute atomic E-state index is 0.0153. The monoisotopic (exact) mass is 357 g/mol. The summed E-state index contributed by atoms with van der Waals surface area (Å²) in [6, 6.07) is 11.8. The van der Waals surface area contributed by atoms with E-state index in [-0.39, 0.29) is 17.6 Å². The molecule has 0 aromatic heterocycles. The lowest BCUT2D eigenvalue weighted by Crippen LogP contribution is -2.40. The molecule has 1 heterocycles. The molecule has 0 spiro atoms. The van der Waals surface area contributed by atoms with Crippen LogP contribution in [0.4, 0.5) is 15.8 Å². The number of nitrogen functional groups attached to an aromatic ring is 1. The molecule has 0 saturated carbocycles. The van der Waals surface area contributed by atoms with Crippen molar-refractivity contribution in [2.24, 2.45) is 5.92 Å². The van der Waals surface area contributed by atoms with E-state index >= 15 is 0 Å². The molecule has 26 heavy (non-hydrogen) atoms. The normalized spacial score (nSPS) is 17.7. The highest BCUT2D eigenvalue weighted by atomic mass is 19.1. The number of anilines is 2. The van der Waals surface area contributed by atoms with Crippen LogP contribution in [0.2, 0.25) is 0 Å². The molecule has 3 rings (SSSR count). The number of nitrogens with one attached hydrogen (secondary N) is 1. The fourth-order valence-electron chi connectivity index (χ4n) is 3.36. The molecule has 1 saturated heterocycles. The molecule has 1 amide bonds. The molecular formula is C20H24FN3O2. The van der Waals surface area contributed by atoms with Gasteiger partial charge in [0.15, 0.2) is 0 Å². The maximum atomic E-state index is 13.4. The van der Waals surface area contributed by atoms with Crippen LogP contribution in [-0.4, -0.2) is 31.0 Å². The molecular weight excluding hydrogens is 333 g/mol. The lowest BCUT2D eigenvalue weighted by atomic mass is 9.96. The minimum atomic E-state index is -0.231. The SMILES string of the molecule is COc1ccc(NC(=O)C2CCCN(Cc3cccc(F)c3)C2)cc1N. The van der Waals surface area contributed by atoms with E-state index in [1.54, 1.807) is 37.4 Å². The number of hydrogen-bond donors (Lipinski definition) is 2. The number of nitrogens with zero attached hydrogens (tertiary/aromatic N) is 1. The van der Waals surface area contributed by atoms with E-state index in [0.717, 1.165) is 24.9 Å². The van der Waals surface area contributed by atoms with Crippen LogP contribution < -0.4 is 15.8 Å². The molecule has 0 radical (unpaired) electrons. The number of amides is 1. The summed E-state index contributed by atoms with van der Waals surface area (Å²) in [5.41, 5.74) is 7.97. The molecule has 2 aromatic rings. The Morgan fingerprint density at radius 3 is 2.92 bits per heavy atom. The van der Waals surface area contributed by atoms with Gasteiger partial charge in [-0.2, -0.15) is 0 Å². The predicted octanol–water partition coefficient (Wildman–Crippen LogP) is 3.27. The fraction of sp³-hybridized carbons (Fsp3) is 0.350. The summed E-state index contributed by atoms with van der Waals surface area (Å²) >= 11 is 0. The maximum absolute atomic E-state index is 13.4. The van der Waals surface area contributed by atoms with Gasteiger partial charge in [0.05, 0.1) is 18.7 Å². The molecule has 6 heteroatoms. The van der Waals surface area contributed by atoms with Gasteiger partial charge < -0.3 is 15.8 Å². The van der Waals surface area contributed by atoms with Gasteiger partial charge in [-0.15, -0.1) is 0 Å². The summed E-state index contributed by atoms with van der Waals surface area (Å²) in [4.78, 5) is 14.8. The topological polar surface area (TPSA) is 67.6 Å². The molecule has 1 aliphatic rings. The summed E-state index contributed by atoms with van der Waals surface area (Å²) in [5.74, 6) is 0.243. The number of ether oxygens (including phenoxy) is 1. The standard InChI is InChI=1S/C20H24FN3O2/c1-26-19-8-7-17(11-18(19)22)23-20(25)15-5-3-9-24(13-15)12-14-4-2-6-16(21)10-14/h2,4,6-8,10-11,15H,3,5,9,12-13,22H2,1H3,(H,23,25). The van der Waals surface area contributed by atoms with Gasteiger partial charge >= 0.3 is 0 Å². The van der Waals surface area contributed by atoms with E-state index in [4.69, 9.17) is 10.5 Å². The zero-order valence-electron chi connectivity index (χ0n) is 14.9. The average molecular weight is 357 g/mol. The molecule has 0 bridgehead atoms. The van der Waals surface area contributed by atoms with Crippen molar-refractivity contribution >= 4 is 17.3 Å². The van der Waals surface area contributed by atoms with Crippen molar-refractivity contribution < 1.29 is 13.9 Å². The molecule has 1 aliphatic heterocycles. The van der Waals surface area contributed by atoms with Crippen molar-refractivity contribution in [3.8, 4) is 5.75 Å². The first kappa shape index (κ1) is 18.2. The summed E-state index contributed by atoms with van der Waals surface area (Å²) in [5, 5.41) is 2.94. The average Bonchev–Trinajstić information content (AvgIpc) is 2.62. The Bertz CT molecular complexity index is 781. The maximum Gasteiger partial charge on any atom is 0.228 e. The molecule has 1 fully saturated rings. The zero-order chi connectivity index (χ0) is 18.5. The largest absolute Gasteiger partial charge is 0.495 e. The second kappa shape index (κ2) is 8.19. The van der Waals surface area contributed by atoms with Crippen LogP contribution >= 0.6 is 0 Å². The smallest absolute Gasteiger partial charge is 0.228 e. The van der Waals surface area contributed by atoms with Gasteiger partial charge in [-0.3, -0.25) is 9.69 Å². The number of benzene rings is 2. The Labute approximate surface area is 152 Å². The second-order valence-electron chi connectivity index (χ2n) is 6.65. The minimum Gasteiger partial charge on any atom is -0.495 e. The summed E-state index contributed by atoms with van der Waals surface area (Å²) in [6.45, 7) is 2.22. The molecule has 3 N–H and O–H groups in total. The summed E-state index contributed by atoms with van der Waals surface area (Å²) in [7, 11) is 1.55. The Hall–Kier alpha value is -2.60. The van der Waals surface area contributed by atoms with Gasteiger partial charge in [-0.05, 0) is 55.3 Å². The number of methoxy groups -OCH3 is 1. The first-order valence-corrected chi connectivity index (χ1v) is 8.76. The van der Waals surface area contributed by atoms with Crippen molar-refractivity contribution in [3.63, 3.8) is 0 Å². The molecule has 5 nitrogen and oxygen atoms in total. The van der Waals surface area contributed by atoms with Crippen LogP contribution in [0.25, 0.3) is 0 Å². The predicted molar refractivity (Wildman–Crippen MR) is 100 cm³/mol. The van der Waals surface area contributed by atoms with Crippen molar-refractivity contribution in [1.29, 1.82) is 0 Å². The number of piperidine rings is 1. The van der Waals surface area contributed by atoms with Crippen LogP contribution in [-0.2, 0) is 11.3 Å². The quantitative estimate of drug-likeness (QED) is 0.806. The van der Waals surface area contributed by atoms with Gasteiger partial charge in [0.1, 0.15) is 11.6 Å². The Morgan fingerprint density at radius 1 is 1.35 bits per heavy atom. The van der Waals surface area contributed by atoms with Crippen molar-refractivity contribution in [3.05, 3.63) is 53.8 Å². The van der Waals surface area contributed by atoms with E-state index in [1.807, 2.05) is 6.07 Å². The highest BCUT2D eigenvalue weighted by Gasteiger charge is 2.26. The highest BCUT2D eigenvalue weighted by molar-refractivity contribution is 5.93. The first-order valence-electron chi connectivity index (χ1n) is 8.76. The van der Waals surface area contributed by atoms with E-state index < -0.39 is 0 Å². The molecule has 1 unspecified atom stereocenters. The van der Waals surface area contributed by atoms with Crippen LogP contribution in [0, 0.1) is 11.7 Å². The van der Waals surface area contributed by atoms with E-state index in [9.17, 15) is 9.18 Å². The van der Waals surface area contributed by atoms with Gasteiger partial charge in [-0.25, -0.2) is 4.39 Å². The number of halogens is 1. The zero-order valence-corrected chi connectivity index (χ0v) is 14.9. The van der Waals surface area contributed by atoms with Crippen molar-refractivity contribution in [1.82, 2.24) is 4.90 Å². The van der Waals surface area contributed by atoms with Gasteiger partial charge in [-0.1, -0.05) is 12.1 Å². The van der Waals surface area contributed by atoms with Gasteiger partial charge in [0.2, 0.25) is 5.91 Å². The number of nitrogens with two attached hydrogens (primary N) is 1. The van der Waals surface area contributed by atoms with Crippen LogP contribution in [0.15, 0.2) is 42.5 Å². The Kier molecular flexibility index (Phi) is 5.73. The van der Waals surface area contributed by atoms with Crippen molar-refractivity contribution in [2.45, 2.75) is 19.4 Å². The summed E-state index contributed by atoms with van der Waals surface area (Å²) in [6.07, 6.45) is 1.79. The lowest BCUT2D eigenvalue weighted by Gasteiger charge is -2.32. The van der Waals surface area contributed by atoms with E-state index in [2.05, 4.69) is 10.2 Å². The van der Waals surface area contributed by atoms with Crippen LogP contribution in [0.1, 0.15) is 18.4 Å². The second-order valence-corrected chi connectivity index (χ2v) is 6.65. The number of hydrogen-bond acceptors (Lipinski definition) is 4. The van der Waals surface area contributed by atoms with E-state index in [0.29, 0.717) is 30.2 Å². The lowest BCUT2D eigenvalue weighted by molar-refractivity contribution is -0.121. The number of rotatable bonds is 5. The number of carbonyl (C=O) groups excluding carboxylic acids is 1. The Morgan fingerprint density at radius 2 is 2.19 bits per heavy atom. The number of likely N-dealkylation sites (tertiary alicyclic amines) is 1. The third-order valence-corrected chi connectivity index (χ3v) is 4.67. The summed E-state index contributed by atoms with van der Waals surface area (Å²) < 4.78 is 18.5. The Balaban J connectivity index is 1.60. The van der Waals surface area contributed by atoms with Gasteiger partial charge in [0, 0.05) is 18.8 Å². The molecule has 2 aromatic carbocycles. The highest BCUT2D eigenvalue weighted by Crippen LogP contribution is 2.26. The fourth-order valence-corrected chi connectivity index (χ4v) is 3.36. The number of carbonyl (C=O) groups is 1. The third-order valence-electron chi connectivity index (χ3n) is 4.67.